The molecule has 0 aromatic rings. The van der Waals surface area contributed by atoms with Crippen LogP contribution < -0.4 is 0 Å². The van der Waals surface area contributed by atoms with E-state index >= 15 is 0 Å². The third-order valence-corrected chi connectivity index (χ3v) is 1.44. The maximum absolute atomic E-state index is 10.2. The Hall–Kier alpha value is -1.41. The molecule has 1 fully saturated rings. The van der Waals surface area contributed by atoms with E-state index in [0.717, 1.165) is 0 Å². The summed E-state index contributed by atoms with van der Waals surface area (Å²) < 4.78 is 0. The standard InChI is InChI=1S/C8H6O2/c1-2-3-4-6-5-7(6)8(9)10/h1,6-7H,5H2,(H,9,10). The fourth-order valence-electron chi connectivity index (χ4n) is 0.762. The second-order valence-electron chi connectivity index (χ2n) is 2.20. The predicted molar refractivity (Wildman–Crippen MR) is 35.8 cm³/mol. The summed E-state index contributed by atoms with van der Waals surface area (Å²) in [6.07, 6.45) is 5.51. The lowest BCUT2D eigenvalue weighted by atomic mass is 10.3. The molecule has 0 spiro atoms. The minimum atomic E-state index is -0.767. The van der Waals surface area contributed by atoms with Crippen molar-refractivity contribution in [1.29, 1.82) is 0 Å². The number of hydrogen-bond acceptors (Lipinski definition) is 1. The molecule has 10 heavy (non-hydrogen) atoms. The minimum Gasteiger partial charge on any atom is -0.481 e. The van der Waals surface area contributed by atoms with Crippen LogP contribution in [0.15, 0.2) is 0 Å². The van der Waals surface area contributed by atoms with E-state index in [1.807, 2.05) is 0 Å². The number of hydrogen-bond donors (Lipinski definition) is 1. The van der Waals surface area contributed by atoms with Crippen LogP contribution in [0.25, 0.3) is 0 Å². The van der Waals surface area contributed by atoms with E-state index in [4.69, 9.17) is 11.5 Å². The van der Waals surface area contributed by atoms with E-state index in [1.54, 1.807) is 0 Å². The molecule has 0 amide bonds. The van der Waals surface area contributed by atoms with Crippen LogP contribution in [0.4, 0.5) is 0 Å². The zero-order valence-electron chi connectivity index (χ0n) is 5.29. The normalized spacial score (nSPS) is 27.5. The van der Waals surface area contributed by atoms with E-state index in [0.29, 0.717) is 6.42 Å². The van der Waals surface area contributed by atoms with Crippen molar-refractivity contribution in [2.75, 3.05) is 0 Å². The van der Waals surface area contributed by atoms with E-state index in [1.165, 1.54) is 0 Å². The van der Waals surface area contributed by atoms with E-state index in [2.05, 4.69) is 17.8 Å². The van der Waals surface area contributed by atoms with Gasteiger partial charge in [0.2, 0.25) is 0 Å². The van der Waals surface area contributed by atoms with Crippen LogP contribution in [-0.4, -0.2) is 11.1 Å². The lowest BCUT2D eigenvalue weighted by Crippen LogP contribution is -1.97. The summed E-state index contributed by atoms with van der Waals surface area (Å²) >= 11 is 0. The van der Waals surface area contributed by atoms with Gasteiger partial charge in [0.05, 0.1) is 5.92 Å². The molecule has 1 aliphatic rings. The van der Waals surface area contributed by atoms with Gasteiger partial charge < -0.3 is 5.11 Å². The fourth-order valence-corrected chi connectivity index (χ4v) is 0.762. The van der Waals surface area contributed by atoms with Crippen LogP contribution >= 0.6 is 0 Å². The van der Waals surface area contributed by atoms with Crippen molar-refractivity contribution < 1.29 is 9.90 Å². The summed E-state index contributed by atoms with van der Waals surface area (Å²) in [5, 5.41) is 8.40. The number of carboxylic acids is 1. The average Bonchev–Trinajstić information content (AvgIpc) is 2.62. The van der Waals surface area contributed by atoms with Crippen LogP contribution in [0, 0.1) is 36.0 Å². The molecule has 1 aliphatic carbocycles. The SMILES string of the molecule is C#CC#CC1CC1C(=O)O. The third-order valence-electron chi connectivity index (χ3n) is 1.44. The Morgan fingerprint density at radius 2 is 2.40 bits per heavy atom. The molecule has 1 saturated carbocycles. The van der Waals surface area contributed by atoms with Crippen molar-refractivity contribution in [3.8, 4) is 24.2 Å². The maximum Gasteiger partial charge on any atom is 0.307 e. The van der Waals surface area contributed by atoms with Gasteiger partial charge in [0.1, 0.15) is 0 Å². The van der Waals surface area contributed by atoms with Gasteiger partial charge in [-0.1, -0.05) is 5.92 Å². The fraction of sp³-hybridized carbons (Fsp3) is 0.375. The second-order valence-corrected chi connectivity index (χ2v) is 2.20. The molecule has 0 saturated heterocycles. The second kappa shape index (κ2) is 2.45. The van der Waals surface area contributed by atoms with E-state index in [-0.39, 0.29) is 11.8 Å². The van der Waals surface area contributed by atoms with Crippen LogP contribution in [0.2, 0.25) is 0 Å². The summed E-state index contributed by atoms with van der Waals surface area (Å²) in [5.41, 5.74) is 0. The van der Waals surface area contributed by atoms with Crippen LogP contribution in [0.5, 0.6) is 0 Å². The number of rotatable bonds is 1. The van der Waals surface area contributed by atoms with Crippen LogP contribution in [-0.2, 0) is 4.79 Å². The Kier molecular flexibility index (Phi) is 1.65. The van der Waals surface area contributed by atoms with Crippen molar-refractivity contribution >= 4 is 5.97 Å². The highest BCUT2D eigenvalue weighted by atomic mass is 16.4. The molecule has 0 radical (unpaired) electrons. The third kappa shape index (κ3) is 1.30. The molecular weight excluding hydrogens is 128 g/mol. The lowest BCUT2D eigenvalue weighted by molar-refractivity contribution is -0.138. The largest absolute Gasteiger partial charge is 0.481 e. The van der Waals surface area contributed by atoms with Crippen LogP contribution in [0.3, 0.4) is 0 Å². The Labute approximate surface area is 59.2 Å². The first kappa shape index (κ1) is 6.71. The molecule has 0 heterocycles. The van der Waals surface area contributed by atoms with Gasteiger partial charge in [0, 0.05) is 5.92 Å². The number of carbonyl (C=O) groups is 1. The van der Waals surface area contributed by atoms with Gasteiger partial charge >= 0.3 is 5.97 Å². The van der Waals surface area contributed by atoms with Gasteiger partial charge in [-0.15, -0.1) is 6.42 Å². The molecule has 0 aromatic carbocycles. The number of carboxylic acid groups (broad SMARTS) is 1. The molecule has 2 heteroatoms. The van der Waals surface area contributed by atoms with Crippen molar-refractivity contribution in [3.05, 3.63) is 0 Å². The first-order valence-electron chi connectivity index (χ1n) is 2.94. The quantitative estimate of drug-likeness (QED) is 0.525. The van der Waals surface area contributed by atoms with Crippen LogP contribution in [0.1, 0.15) is 6.42 Å². The molecule has 0 bridgehead atoms. The van der Waals surface area contributed by atoms with Crippen molar-refractivity contribution in [3.63, 3.8) is 0 Å². The highest BCUT2D eigenvalue weighted by Crippen LogP contribution is 2.37. The maximum atomic E-state index is 10.2. The first-order chi connectivity index (χ1) is 4.75. The molecule has 1 rings (SSSR count). The zero-order valence-corrected chi connectivity index (χ0v) is 5.29. The Balaban J connectivity index is 2.41. The smallest absolute Gasteiger partial charge is 0.307 e. The highest BCUT2D eigenvalue weighted by molar-refractivity contribution is 5.74. The van der Waals surface area contributed by atoms with E-state index in [9.17, 15) is 4.79 Å². The Bertz CT molecular complexity index is 249. The van der Waals surface area contributed by atoms with Gasteiger partial charge in [0.15, 0.2) is 0 Å². The first-order valence-corrected chi connectivity index (χ1v) is 2.94. The van der Waals surface area contributed by atoms with Crippen molar-refractivity contribution in [2.45, 2.75) is 6.42 Å². The summed E-state index contributed by atoms with van der Waals surface area (Å²) in [6.45, 7) is 0. The van der Waals surface area contributed by atoms with Crippen molar-refractivity contribution in [1.82, 2.24) is 0 Å². The minimum absolute atomic E-state index is 0.00792. The molecule has 2 nitrogen and oxygen atoms in total. The van der Waals surface area contributed by atoms with Gasteiger partial charge in [-0.2, -0.15) is 0 Å². The van der Waals surface area contributed by atoms with Gasteiger partial charge in [-0.3, -0.25) is 4.79 Å². The molecule has 50 valence electrons. The Morgan fingerprint density at radius 3 is 2.80 bits per heavy atom. The van der Waals surface area contributed by atoms with Crippen molar-refractivity contribution in [2.24, 2.45) is 11.8 Å². The molecule has 0 aromatic heterocycles. The zero-order chi connectivity index (χ0) is 7.56. The Morgan fingerprint density at radius 1 is 1.70 bits per heavy atom. The lowest BCUT2D eigenvalue weighted by Gasteiger charge is -1.80. The number of terminal acetylenes is 1. The number of aliphatic carboxylic acids is 1. The molecule has 2 atom stereocenters. The summed E-state index contributed by atoms with van der Waals surface area (Å²) in [6, 6.07) is 0. The molecule has 2 unspecified atom stereocenters. The highest BCUT2D eigenvalue weighted by Gasteiger charge is 2.41. The topological polar surface area (TPSA) is 37.3 Å². The van der Waals surface area contributed by atoms with Gasteiger partial charge in [-0.05, 0) is 18.3 Å². The molecular formula is C8H6O2. The molecule has 0 aliphatic heterocycles. The van der Waals surface area contributed by atoms with Gasteiger partial charge in [-0.25, -0.2) is 0 Å². The summed E-state index contributed by atoms with van der Waals surface area (Å²) in [5.74, 6) is 6.20. The monoisotopic (exact) mass is 134 g/mol. The average molecular weight is 134 g/mol. The summed E-state index contributed by atoms with van der Waals surface area (Å²) in [7, 11) is 0. The predicted octanol–water partition coefficient (Wildman–Crippen LogP) is 0.344. The van der Waals surface area contributed by atoms with Gasteiger partial charge in [0.25, 0.3) is 0 Å². The van der Waals surface area contributed by atoms with E-state index < -0.39 is 5.97 Å². The summed E-state index contributed by atoms with van der Waals surface area (Å²) in [4.78, 5) is 10.2. The molecule has 1 N–H and O–H groups in total.